The molecule has 1 amide bonds. The first-order valence-electron chi connectivity index (χ1n) is 8.95. The molecule has 1 saturated heterocycles. The highest BCUT2D eigenvalue weighted by Gasteiger charge is 2.17. The number of rotatable bonds is 6. The summed E-state index contributed by atoms with van der Waals surface area (Å²) in [6.07, 6.45) is 3.92. The molecule has 4 N–H and O–H groups in total. The van der Waals surface area contributed by atoms with Crippen molar-refractivity contribution in [3.63, 3.8) is 0 Å². The Morgan fingerprint density at radius 2 is 1.92 bits per heavy atom. The lowest BCUT2D eigenvalue weighted by Crippen LogP contribution is -2.34. The maximum atomic E-state index is 12.3. The van der Waals surface area contributed by atoms with Crippen molar-refractivity contribution in [2.24, 2.45) is 11.7 Å². The van der Waals surface area contributed by atoms with Gasteiger partial charge < -0.3 is 16.4 Å². The van der Waals surface area contributed by atoms with Gasteiger partial charge in [-0.1, -0.05) is 36.4 Å². The zero-order valence-electron chi connectivity index (χ0n) is 14.1. The molecule has 1 heterocycles. The summed E-state index contributed by atoms with van der Waals surface area (Å²) in [6, 6.07) is 14.4. The maximum Gasteiger partial charge on any atom is 0.220 e. The van der Waals surface area contributed by atoms with E-state index in [1.54, 1.807) is 0 Å². The molecule has 1 aliphatic heterocycles. The fourth-order valence-corrected chi connectivity index (χ4v) is 3.47. The Morgan fingerprint density at radius 3 is 2.67 bits per heavy atom. The van der Waals surface area contributed by atoms with Crippen LogP contribution in [0.2, 0.25) is 0 Å². The molecule has 2 aromatic carbocycles. The minimum Gasteiger partial charge on any atom is -0.348 e. The highest BCUT2D eigenvalue weighted by molar-refractivity contribution is 5.83. The Morgan fingerprint density at radius 1 is 1.17 bits per heavy atom. The number of carbonyl (C=O) groups is 1. The van der Waals surface area contributed by atoms with Gasteiger partial charge in [-0.05, 0) is 60.7 Å². The van der Waals surface area contributed by atoms with E-state index < -0.39 is 0 Å². The molecule has 0 spiro atoms. The number of carbonyl (C=O) groups excluding carboxylic acids is 1. The molecule has 128 valence electrons. The minimum absolute atomic E-state index is 0.108. The number of benzene rings is 2. The second-order valence-electron chi connectivity index (χ2n) is 6.69. The Kier molecular flexibility index (Phi) is 5.83. The highest BCUT2D eigenvalue weighted by atomic mass is 16.1. The van der Waals surface area contributed by atoms with Gasteiger partial charge in [-0.3, -0.25) is 4.79 Å². The molecule has 1 unspecified atom stereocenters. The van der Waals surface area contributed by atoms with Gasteiger partial charge in [-0.25, -0.2) is 0 Å². The number of piperidine rings is 1. The van der Waals surface area contributed by atoms with Crippen LogP contribution >= 0.6 is 0 Å². The molecule has 4 nitrogen and oxygen atoms in total. The third kappa shape index (κ3) is 4.34. The van der Waals surface area contributed by atoms with E-state index in [4.69, 9.17) is 5.73 Å². The zero-order chi connectivity index (χ0) is 16.8. The van der Waals surface area contributed by atoms with Crippen molar-refractivity contribution >= 4 is 16.7 Å². The fraction of sp³-hybridized carbons (Fsp3) is 0.450. The predicted molar refractivity (Wildman–Crippen MR) is 98.7 cm³/mol. The molecule has 2 aromatic rings. The Labute approximate surface area is 143 Å². The number of amides is 1. The second-order valence-corrected chi connectivity index (χ2v) is 6.69. The van der Waals surface area contributed by atoms with Gasteiger partial charge in [0, 0.05) is 13.0 Å². The van der Waals surface area contributed by atoms with E-state index in [1.807, 2.05) is 12.1 Å². The first kappa shape index (κ1) is 16.9. The molecular weight excluding hydrogens is 298 g/mol. The lowest BCUT2D eigenvalue weighted by molar-refractivity contribution is -0.122. The first-order chi connectivity index (χ1) is 11.8. The van der Waals surface area contributed by atoms with Crippen LogP contribution in [0.4, 0.5) is 0 Å². The SMILES string of the molecule is NCC(NC(=O)CCC1CCNCC1)c1ccc2ccccc2c1. The van der Waals surface area contributed by atoms with Gasteiger partial charge in [0.2, 0.25) is 5.91 Å². The van der Waals surface area contributed by atoms with Gasteiger partial charge in [0.25, 0.3) is 0 Å². The number of fused-ring (bicyclic) bond motifs is 1. The maximum absolute atomic E-state index is 12.3. The van der Waals surface area contributed by atoms with Gasteiger partial charge in [0.15, 0.2) is 0 Å². The number of nitrogens with two attached hydrogens (primary N) is 1. The summed E-state index contributed by atoms with van der Waals surface area (Å²) >= 11 is 0. The van der Waals surface area contributed by atoms with E-state index in [-0.39, 0.29) is 11.9 Å². The van der Waals surface area contributed by atoms with Crippen LogP contribution < -0.4 is 16.4 Å². The van der Waals surface area contributed by atoms with Crippen LogP contribution in [0.3, 0.4) is 0 Å². The molecule has 0 aromatic heterocycles. The molecule has 1 atom stereocenters. The molecule has 3 rings (SSSR count). The number of hydrogen-bond donors (Lipinski definition) is 3. The molecule has 24 heavy (non-hydrogen) atoms. The summed E-state index contributed by atoms with van der Waals surface area (Å²) < 4.78 is 0. The summed E-state index contributed by atoms with van der Waals surface area (Å²) in [5, 5.41) is 8.85. The first-order valence-corrected chi connectivity index (χ1v) is 8.95. The number of hydrogen-bond acceptors (Lipinski definition) is 3. The van der Waals surface area contributed by atoms with Gasteiger partial charge in [-0.15, -0.1) is 0 Å². The topological polar surface area (TPSA) is 67.1 Å². The largest absolute Gasteiger partial charge is 0.348 e. The third-order valence-electron chi connectivity index (χ3n) is 4.99. The highest BCUT2D eigenvalue weighted by Crippen LogP contribution is 2.21. The van der Waals surface area contributed by atoms with Crippen molar-refractivity contribution < 1.29 is 4.79 Å². The van der Waals surface area contributed by atoms with E-state index in [1.165, 1.54) is 23.6 Å². The Bertz CT molecular complexity index is 679. The lowest BCUT2D eigenvalue weighted by atomic mass is 9.93. The lowest BCUT2D eigenvalue weighted by Gasteiger charge is -2.23. The van der Waals surface area contributed by atoms with E-state index in [2.05, 4.69) is 41.0 Å². The fourth-order valence-electron chi connectivity index (χ4n) is 3.47. The molecule has 0 aliphatic carbocycles. The van der Waals surface area contributed by atoms with Crippen LogP contribution in [0.1, 0.15) is 37.3 Å². The molecule has 0 bridgehead atoms. The van der Waals surface area contributed by atoms with Gasteiger partial charge in [0.1, 0.15) is 0 Å². The van der Waals surface area contributed by atoms with Crippen molar-refractivity contribution in [1.29, 1.82) is 0 Å². The predicted octanol–water partition coefficient (Wildman–Crippen LogP) is 2.74. The van der Waals surface area contributed by atoms with Crippen LogP contribution in [0.15, 0.2) is 42.5 Å². The summed E-state index contributed by atoms with van der Waals surface area (Å²) in [5.74, 6) is 0.783. The molecule has 0 saturated carbocycles. The number of nitrogens with one attached hydrogen (secondary N) is 2. The van der Waals surface area contributed by atoms with Gasteiger partial charge in [0.05, 0.1) is 6.04 Å². The van der Waals surface area contributed by atoms with E-state index in [9.17, 15) is 4.79 Å². The van der Waals surface area contributed by atoms with E-state index >= 15 is 0 Å². The van der Waals surface area contributed by atoms with E-state index in [0.29, 0.717) is 18.9 Å². The standard InChI is InChI=1S/C20H27N3O/c21-14-19(18-7-6-16-3-1-2-4-17(16)13-18)23-20(24)8-5-15-9-11-22-12-10-15/h1-4,6-7,13,15,19,22H,5,8-12,14,21H2,(H,23,24). The average molecular weight is 325 g/mol. The van der Waals surface area contributed by atoms with Crippen LogP contribution in [-0.4, -0.2) is 25.5 Å². The van der Waals surface area contributed by atoms with Gasteiger partial charge >= 0.3 is 0 Å². The summed E-state index contributed by atoms with van der Waals surface area (Å²) in [5.41, 5.74) is 6.99. The van der Waals surface area contributed by atoms with Crippen molar-refractivity contribution in [3.8, 4) is 0 Å². The summed E-state index contributed by atoms with van der Waals surface area (Å²) in [6.45, 7) is 2.57. The summed E-state index contributed by atoms with van der Waals surface area (Å²) in [4.78, 5) is 12.3. The Balaban J connectivity index is 1.59. The zero-order valence-corrected chi connectivity index (χ0v) is 14.1. The molecule has 1 aliphatic rings. The smallest absolute Gasteiger partial charge is 0.220 e. The van der Waals surface area contributed by atoms with Crippen molar-refractivity contribution in [2.75, 3.05) is 19.6 Å². The second kappa shape index (κ2) is 8.27. The molecule has 4 heteroatoms. The molecule has 0 radical (unpaired) electrons. The van der Waals surface area contributed by atoms with E-state index in [0.717, 1.165) is 25.1 Å². The van der Waals surface area contributed by atoms with Gasteiger partial charge in [-0.2, -0.15) is 0 Å². The molecular formula is C20H27N3O. The van der Waals surface area contributed by atoms with Crippen molar-refractivity contribution in [2.45, 2.75) is 31.7 Å². The third-order valence-corrected chi connectivity index (χ3v) is 4.99. The summed E-state index contributed by atoms with van der Waals surface area (Å²) in [7, 11) is 0. The monoisotopic (exact) mass is 325 g/mol. The van der Waals surface area contributed by atoms with Crippen LogP contribution in [0.25, 0.3) is 10.8 Å². The average Bonchev–Trinajstić information content (AvgIpc) is 2.65. The quantitative estimate of drug-likeness (QED) is 0.765. The Hall–Kier alpha value is -1.91. The van der Waals surface area contributed by atoms with Crippen molar-refractivity contribution in [1.82, 2.24) is 10.6 Å². The van der Waals surface area contributed by atoms with Crippen LogP contribution in [0.5, 0.6) is 0 Å². The molecule has 1 fully saturated rings. The van der Waals surface area contributed by atoms with Crippen molar-refractivity contribution in [3.05, 3.63) is 48.0 Å². The van der Waals surface area contributed by atoms with Crippen LogP contribution in [0, 0.1) is 5.92 Å². The van der Waals surface area contributed by atoms with Crippen LogP contribution in [-0.2, 0) is 4.79 Å². The normalized spacial score (nSPS) is 16.9. The minimum atomic E-state index is -0.116.